The Balaban J connectivity index is 0.00000243. The van der Waals surface area contributed by atoms with Gasteiger partial charge in [0.1, 0.15) is 0 Å². The smallest absolute Gasteiger partial charge is 0.0645 e. The zero-order chi connectivity index (χ0) is 17.5. The van der Waals surface area contributed by atoms with Crippen LogP contribution in [0, 0.1) is 6.92 Å². The van der Waals surface area contributed by atoms with E-state index in [2.05, 4.69) is 65.6 Å². The van der Waals surface area contributed by atoms with E-state index in [0.717, 1.165) is 37.4 Å². The molecule has 0 radical (unpaired) electrons. The summed E-state index contributed by atoms with van der Waals surface area (Å²) in [4.78, 5) is 2.41. The van der Waals surface area contributed by atoms with E-state index in [1.807, 2.05) is 22.9 Å². The predicted molar refractivity (Wildman–Crippen MR) is 110 cm³/mol. The number of nitrogens with zero attached hydrogens (tertiary/aromatic N) is 3. The summed E-state index contributed by atoms with van der Waals surface area (Å²) in [5, 5.41) is 4.67. The molecule has 0 unspecified atom stereocenters. The number of rotatable bonds is 8. The van der Waals surface area contributed by atoms with Gasteiger partial charge in [0.25, 0.3) is 0 Å². The summed E-state index contributed by atoms with van der Waals surface area (Å²) < 4.78 is 1.96. The Kier molecular flexibility index (Phi) is 7.85. The van der Waals surface area contributed by atoms with Crippen LogP contribution in [0.15, 0.2) is 66.9 Å². The summed E-state index contributed by atoms with van der Waals surface area (Å²) in [5.41, 5.74) is 10.6. The molecule has 0 bridgehead atoms. The third-order valence-corrected chi connectivity index (χ3v) is 4.42. The van der Waals surface area contributed by atoms with Gasteiger partial charge in [-0.3, -0.25) is 4.90 Å². The van der Waals surface area contributed by atoms with Gasteiger partial charge in [-0.05, 0) is 31.0 Å². The molecule has 2 aromatic carbocycles. The van der Waals surface area contributed by atoms with Crippen molar-refractivity contribution in [2.24, 2.45) is 5.73 Å². The first kappa shape index (κ1) is 20.2. The number of hydrogen-bond acceptors (Lipinski definition) is 3. The van der Waals surface area contributed by atoms with E-state index in [1.165, 1.54) is 11.1 Å². The van der Waals surface area contributed by atoms with Crippen LogP contribution >= 0.6 is 12.4 Å². The summed E-state index contributed by atoms with van der Waals surface area (Å²) in [5.74, 6) is 0. The van der Waals surface area contributed by atoms with Crippen LogP contribution in [0.2, 0.25) is 0 Å². The van der Waals surface area contributed by atoms with Crippen LogP contribution in [0.1, 0.15) is 16.8 Å². The fourth-order valence-corrected chi connectivity index (χ4v) is 2.99. The van der Waals surface area contributed by atoms with Gasteiger partial charge in [0.2, 0.25) is 0 Å². The quantitative estimate of drug-likeness (QED) is 0.659. The highest BCUT2D eigenvalue weighted by atomic mass is 35.5. The number of nitrogens with two attached hydrogens (primary N) is 1. The summed E-state index contributed by atoms with van der Waals surface area (Å²) >= 11 is 0. The maximum atomic E-state index is 5.82. The van der Waals surface area contributed by atoms with Crippen molar-refractivity contribution in [3.63, 3.8) is 0 Å². The molecular formula is C21H27ClN4. The minimum atomic E-state index is 0. The first-order valence-corrected chi connectivity index (χ1v) is 8.83. The fraction of sp³-hybridized carbons (Fsp3) is 0.286. The fourth-order valence-electron chi connectivity index (χ4n) is 2.99. The first-order chi connectivity index (χ1) is 12.3. The number of benzene rings is 2. The van der Waals surface area contributed by atoms with Gasteiger partial charge in [-0.2, -0.15) is 5.10 Å². The second kappa shape index (κ2) is 10.1. The lowest BCUT2D eigenvalue weighted by atomic mass is 10.1. The standard InChI is InChI=1S/C21H26N4.ClH/c1-18-20(17-25(23-18)21-10-6-3-7-11-21)16-24(15-13-22)14-12-19-8-4-2-5-9-19;/h2-11,17H,12-16,22H2,1H3;1H. The Morgan fingerprint density at radius 1 is 0.962 bits per heavy atom. The summed E-state index contributed by atoms with van der Waals surface area (Å²) in [6, 6.07) is 20.8. The van der Waals surface area contributed by atoms with Gasteiger partial charge in [0.05, 0.1) is 11.4 Å². The lowest BCUT2D eigenvalue weighted by Gasteiger charge is -2.21. The molecular weight excluding hydrogens is 344 g/mol. The maximum Gasteiger partial charge on any atom is 0.0645 e. The van der Waals surface area contributed by atoms with Crippen molar-refractivity contribution >= 4 is 12.4 Å². The lowest BCUT2D eigenvalue weighted by molar-refractivity contribution is 0.276. The number of aromatic nitrogens is 2. The Hall–Kier alpha value is -2.14. The Morgan fingerprint density at radius 2 is 1.62 bits per heavy atom. The molecule has 0 amide bonds. The van der Waals surface area contributed by atoms with Crippen molar-refractivity contribution in [2.45, 2.75) is 19.9 Å². The van der Waals surface area contributed by atoms with Gasteiger partial charge >= 0.3 is 0 Å². The third-order valence-electron chi connectivity index (χ3n) is 4.42. The number of hydrogen-bond donors (Lipinski definition) is 1. The van der Waals surface area contributed by atoms with Crippen LogP contribution in [-0.2, 0) is 13.0 Å². The highest BCUT2D eigenvalue weighted by molar-refractivity contribution is 5.85. The molecule has 3 rings (SSSR count). The molecule has 0 atom stereocenters. The van der Waals surface area contributed by atoms with Crippen molar-refractivity contribution in [3.8, 4) is 5.69 Å². The van der Waals surface area contributed by atoms with Crippen molar-refractivity contribution in [1.82, 2.24) is 14.7 Å². The predicted octanol–water partition coefficient (Wildman–Crippen LogP) is 3.61. The second-order valence-electron chi connectivity index (χ2n) is 6.32. The lowest BCUT2D eigenvalue weighted by Crippen LogP contribution is -2.31. The van der Waals surface area contributed by atoms with Crippen LogP contribution in [0.3, 0.4) is 0 Å². The number of halogens is 1. The number of aryl methyl sites for hydroxylation is 1. The molecule has 3 aromatic rings. The van der Waals surface area contributed by atoms with Crippen LogP contribution in [0.5, 0.6) is 0 Å². The van der Waals surface area contributed by atoms with Crippen LogP contribution in [0.25, 0.3) is 5.69 Å². The molecule has 26 heavy (non-hydrogen) atoms. The van der Waals surface area contributed by atoms with E-state index in [9.17, 15) is 0 Å². The molecule has 0 spiro atoms. The largest absolute Gasteiger partial charge is 0.329 e. The minimum Gasteiger partial charge on any atom is -0.329 e. The normalized spacial score (nSPS) is 10.7. The molecule has 0 fully saturated rings. The van der Waals surface area contributed by atoms with Crippen molar-refractivity contribution in [1.29, 1.82) is 0 Å². The SMILES string of the molecule is Cc1nn(-c2ccccc2)cc1CN(CCN)CCc1ccccc1.Cl. The molecule has 0 saturated carbocycles. The van der Waals surface area contributed by atoms with E-state index >= 15 is 0 Å². The Bertz CT molecular complexity index is 771. The van der Waals surface area contributed by atoms with E-state index in [-0.39, 0.29) is 12.4 Å². The summed E-state index contributed by atoms with van der Waals surface area (Å²) in [7, 11) is 0. The second-order valence-corrected chi connectivity index (χ2v) is 6.32. The summed E-state index contributed by atoms with van der Waals surface area (Å²) in [6.07, 6.45) is 3.17. The van der Waals surface area contributed by atoms with Crippen molar-refractivity contribution < 1.29 is 0 Å². The zero-order valence-electron chi connectivity index (χ0n) is 15.2. The molecule has 138 valence electrons. The van der Waals surface area contributed by atoms with Gasteiger partial charge in [-0.15, -0.1) is 12.4 Å². The maximum absolute atomic E-state index is 5.82. The minimum absolute atomic E-state index is 0. The molecule has 2 N–H and O–H groups in total. The molecule has 1 heterocycles. The van der Waals surface area contributed by atoms with Crippen LogP contribution in [0.4, 0.5) is 0 Å². The zero-order valence-corrected chi connectivity index (χ0v) is 16.0. The van der Waals surface area contributed by atoms with Gasteiger partial charge in [0, 0.05) is 37.9 Å². The Labute approximate surface area is 162 Å². The molecule has 0 aliphatic carbocycles. The summed E-state index contributed by atoms with van der Waals surface area (Å²) in [6.45, 7) is 5.51. The highest BCUT2D eigenvalue weighted by Gasteiger charge is 2.11. The van der Waals surface area contributed by atoms with E-state index in [0.29, 0.717) is 6.54 Å². The van der Waals surface area contributed by atoms with E-state index < -0.39 is 0 Å². The van der Waals surface area contributed by atoms with Gasteiger partial charge in [-0.25, -0.2) is 4.68 Å². The molecule has 1 aromatic heterocycles. The van der Waals surface area contributed by atoms with Crippen LogP contribution in [-0.4, -0.2) is 34.3 Å². The molecule has 0 saturated heterocycles. The average molecular weight is 371 g/mol. The first-order valence-electron chi connectivity index (χ1n) is 8.83. The topological polar surface area (TPSA) is 47.1 Å². The van der Waals surface area contributed by atoms with E-state index in [4.69, 9.17) is 5.73 Å². The van der Waals surface area contributed by atoms with Gasteiger partial charge in [0.15, 0.2) is 0 Å². The van der Waals surface area contributed by atoms with Crippen molar-refractivity contribution in [3.05, 3.63) is 83.7 Å². The van der Waals surface area contributed by atoms with Gasteiger partial charge in [-0.1, -0.05) is 48.5 Å². The average Bonchev–Trinajstić information content (AvgIpc) is 3.02. The molecule has 0 aliphatic rings. The van der Waals surface area contributed by atoms with Gasteiger partial charge < -0.3 is 5.73 Å². The highest BCUT2D eigenvalue weighted by Crippen LogP contribution is 2.14. The molecule has 0 aliphatic heterocycles. The Morgan fingerprint density at radius 3 is 2.27 bits per heavy atom. The van der Waals surface area contributed by atoms with Crippen LogP contribution < -0.4 is 5.73 Å². The molecule has 4 nitrogen and oxygen atoms in total. The third kappa shape index (κ3) is 5.43. The van der Waals surface area contributed by atoms with Crippen molar-refractivity contribution in [2.75, 3.05) is 19.6 Å². The monoisotopic (exact) mass is 370 g/mol. The molecule has 5 heteroatoms. The number of para-hydroxylation sites is 1. The van der Waals surface area contributed by atoms with E-state index in [1.54, 1.807) is 0 Å².